The number of hydrogen-bond donors (Lipinski definition) is 0. The lowest BCUT2D eigenvalue weighted by atomic mass is 10.0. The van der Waals surface area contributed by atoms with E-state index < -0.39 is 0 Å². The third-order valence-corrected chi connectivity index (χ3v) is 5.22. The number of nitrogens with zero attached hydrogens (tertiary/aromatic N) is 2. The molecule has 0 aliphatic carbocycles. The molecule has 1 unspecified atom stereocenters. The SMILES string of the molecule is COc1cccc(-c2cncc(C3COCC(=O)N3Cc3ccc(C)cc3)c2)c1. The zero-order valence-electron chi connectivity index (χ0n) is 16.7. The lowest BCUT2D eigenvalue weighted by Gasteiger charge is -2.36. The number of amides is 1. The van der Waals surface area contributed by atoms with Gasteiger partial charge in [-0.25, -0.2) is 0 Å². The lowest BCUT2D eigenvalue weighted by Crippen LogP contribution is -2.43. The Balaban J connectivity index is 1.64. The molecule has 1 aliphatic rings. The van der Waals surface area contributed by atoms with Gasteiger partial charge in [-0.15, -0.1) is 0 Å². The van der Waals surface area contributed by atoms with Crippen LogP contribution in [0.3, 0.4) is 0 Å². The molecule has 5 nitrogen and oxygen atoms in total. The number of aromatic nitrogens is 1. The van der Waals surface area contributed by atoms with Crippen molar-refractivity contribution in [2.24, 2.45) is 0 Å². The van der Waals surface area contributed by atoms with Crippen molar-refractivity contribution < 1.29 is 14.3 Å². The highest BCUT2D eigenvalue weighted by Crippen LogP contribution is 2.30. The van der Waals surface area contributed by atoms with E-state index in [0.29, 0.717) is 13.2 Å². The van der Waals surface area contributed by atoms with Crippen molar-refractivity contribution in [1.29, 1.82) is 0 Å². The first kappa shape index (κ1) is 19.2. The number of aryl methyl sites for hydroxylation is 1. The van der Waals surface area contributed by atoms with Gasteiger partial charge in [0.25, 0.3) is 0 Å². The van der Waals surface area contributed by atoms with Crippen molar-refractivity contribution in [3.05, 3.63) is 83.7 Å². The Labute approximate surface area is 170 Å². The van der Waals surface area contributed by atoms with Crippen LogP contribution in [0.4, 0.5) is 0 Å². The van der Waals surface area contributed by atoms with Gasteiger partial charge in [-0.05, 0) is 41.8 Å². The van der Waals surface area contributed by atoms with Crippen LogP contribution in [0.25, 0.3) is 11.1 Å². The number of carbonyl (C=O) groups is 1. The minimum Gasteiger partial charge on any atom is -0.497 e. The predicted octanol–water partition coefficient (Wildman–Crippen LogP) is 4.17. The molecule has 1 saturated heterocycles. The number of methoxy groups -OCH3 is 1. The summed E-state index contributed by atoms with van der Waals surface area (Å²) < 4.78 is 10.9. The fourth-order valence-corrected chi connectivity index (χ4v) is 3.57. The van der Waals surface area contributed by atoms with Crippen LogP contribution in [0.2, 0.25) is 0 Å². The van der Waals surface area contributed by atoms with Gasteiger partial charge in [0, 0.05) is 24.5 Å². The zero-order valence-corrected chi connectivity index (χ0v) is 16.7. The van der Waals surface area contributed by atoms with Gasteiger partial charge in [0.1, 0.15) is 12.4 Å². The topological polar surface area (TPSA) is 51.7 Å². The Morgan fingerprint density at radius 3 is 2.72 bits per heavy atom. The maximum atomic E-state index is 12.7. The highest BCUT2D eigenvalue weighted by molar-refractivity contribution is 5.79. The maximum Gasteiger partial charge on any atom is 0.249 e. The smallest absolute Gasteiger partial charge is 0.249 e. The minimum atomic E-state index is -0.171. The number of rotatable bonds is 5. The predicted molar refractivity (Wildman–Crippen MR) is 112 cm³/mol. The van der Waals surface area contributed by atoms with Crippen molar-refractivity contribution in [1.82, 2.24) is 9.88 Å². The van der Waals surface area contributed by atoms with Crippen LogP contribution in [0.5, 0.6) is 5.75 Å². The van der Waals surface area contributed by atoms with Crippen LogP contribution in [-0.4, -0.2) is 36.1 Å². The van der Waals surface area contributed by atoms with Gasteiger partial charge >= 0.3 is 0 Å². The van der Waals surface area contributed by atoms with E-state index in [1.165, 1.54) is 5.56 Å². The van der Waals surface area contributed by atoms with Crippen LogP contribution in [0.1, 0.15) is 22.7 Å². The molecule has 4 rings (SSSR count). The van der Waals surface area contributed by atoms with E-state index in [4.69, 9.17) is 9.47 Å². The summed E-state index contributed by atoms with van der Waals surface area (Å²) in [5.74, 6) is 0.790. The van der Waals surface area contributed by atoms with Crippen LogP contribution in [0, 0.1) is 6.92 Å². The molecule has 2 aromatic carbocycles. The fourth-order valence-electron chi connectivity index (χ4n) is 3.57. The second-order valence-electron chi connectivity index (χ2n) is 7.28. The average Bonchev–Trinajstić information content (AvgIpc) is 2.77. The number of carbonyl (C=O) groups excluding carboxylic acids is 1. The normalized spacial score (nSPS) is 16.7. The van der Waals surface area contributed by atoms with Gasteiger partial charge in [-0.2, -0.15) is 0 Å². The molecule has 5 heteroatoms. The number of ether oxygens (including phenoxy) is 2. The number of morpholine rings is 1. The van der Waals surface area contributed by atoms with E-state index in [-0.39, 0.29) is 18.6 Å². The molecule has 1 amide bonds. The molecule has 1 fully saturated rings. The average molecular weight is 388 g/mol. The molecule has 1 aromatic heterocycles. The van der Waals surface area contributed by atoms with E-state index >= 15 is 0 Å². The summed E-state index contributed by atoms with van der Waals surface area (Å²) in [5.41, 5.74) is 5.27. The van der Waals surface area contributed by atoms with Gasteiger partial charge in [-0.1, -0.05) is 42.0 Å². The summed E-state index contributed by atoms with van der Waals surface area (Å²) in [6.45, 7) is 3.19. The molecule has 3 aromatic rings. The van der Waals surface area contributed by atoms with E-state index in [9.17, 15) is 4.79 Å². The molecule has 2 heterocycles. The molecule has 0 bridgehead atoms. The van der Waals surface area contributed by atoms with Crippen LogP contribution in [0.15, 0.2) is 67.0 Å². The Morgan fingerprint density at radius 1 is 1.10 bits per heavy atom. The second kappa shape index (κ2) is 8.45. The maximum absolute atomic E-state index is 12.7. The first-order chi connectivity index (χ1) is 14.1. The molecule has 1 aliphatic heterocycles. The third-order valence-electron chi connectivity index (χ3n) is 5.22. The molecular weight excluding hydrogens is 364 g/mol. The number of benzene rings is 2. The van der Waals surface area contributed by atoms with Gasteiger partial charge < -0.3 is 14.4 Å². The largest absolute Gasteiger partial charge is 0.497 e. The van der Waals surface area contributed by atoms with Crippen molar-refractivity contribution in [3.63, 3.8) is 0 Å². The highest BCUT2D eigenvalue weighted by Gasteiger charge is 2.30. The fraction of sp³-hybridized carbons (Fsp3) is 0.250. The summed E-state index contributed by atoms with van der Waals surface area (Å²) in [4.78, 5) is 19.0. The summed E-state index contributed by atoms with van der Waals surface area (Å²) in [7, 11) is 1.65. The van der Waals surface area contributed by atoms with E-state index in [0.717, 1.165) is 28.0 Å². The summed E-state index contributed by atoms with van der Waals surface area (Å²) in [6, 6.07) is 18.1. The Hall–Kier alpha value is -3.18. The van der Waals surface area contributed by atoms with E-state index in [1.54, 1.807) is 7.11 Å². The molecule has 0 spiro atoms. The minimum absolute atomic E-state index is 0.00592. The highest BCUT2D eigenvalue weighted by atomic mass is 16.5. The first-order valence-corrected chi connectivity index (χ1v) is 9.66. The van der Waals surface area contributed by atoms with E-state index in [2.05, 4.69) is 42.2 Å². The molecule has 29 heavy (non-hydrogen) atoms. The second-order valence-corrected chi connectivity index (χ2v) is 7.28. The third kappa shape index (κ3) is 4.30. The molecule has 0 N–H and O–H groups in total. The molecule has 0 saturated carbocycles. The Kier molecular flexibility index (Phi) is 5.58. The standard InChI is InChI=1S/C24H24N2O3/c1-17-6-8-18(9-7-17)14-26-23(15-29-16-24(26)27)21-10-20(12-25-13-21)19-4-3-5-22(11-19)28-2/h3-13,23H,14-16H2,1-2H3. The van der Waals surface area contributed by atoms with Crippen molar-refractivity contribution >= 4 is 5.91 Å². The monoisotopic (exact) mass is 388 g/mol. The van der Waals surface area contributed by atoms with E-state index in [1.807, 2.05) is 41.6 Å². The van der Waals surface area contributed by atoms with Gasteiger partial charge in [0.05, 0.1) is 19.8 Å². The summed E-state index contributed by atoms with van der Waals surface area (Å²) >= 11 is 0. The summed E-state index contributed by atoms with van der Waals surface area (Å²) in [5, 5.41) is 0. The molecule has 0 radical (unpaired) electrons. The molecule has 148 valence electrons. The lowest BCUT2D eigenvalue weighted by molar-refractivity contribution is -0.149. The van der Waals surface area contributed by atoms with Gasteiger partial charge in [-0.3, -0.25) is 9.78 Å². The molecule has 1 atom stereocenters. The Morgan fingerprint density at radius 2 is 1.93 bits per heavy atom. The molecular formula is C24H24N2O3. The summed E-state index contributed by atoms with van der Waals surface area (Å²) in [6.07, 6.45) is 3.65. The Bertz CT molecular complexity index is 1000. The van der Waals surface area contributed by atoms with Crippen molar-refractivity contribution in [2.45, 2.75) is 19.5 Å². The quantitative estimate of drug-likeness (QED) is 0.658. The van der Waals surface area contributed by atoms with Gasteiger partial charge in [0.15, 0.2) is 0 Å². The number of pyridine rings is 1. The van der Waals surface area contributed by atoms with Crippen molar-refractivity contribution in [2.75, 3.05) is 20.3 Å². The zero-order chi connectivity index (χ0) is 20.2. The van der Waals surface area contributed by atoms with Crippen LogP contribution >= 0.6 is 0 Å². The van der Waals surface area contributed by atoms with Gasteiger partial charge in [0.2, 0.25) is 5.91 Å². The first-order valence-electron chi connectivity index (χ1n) is 9.66. The van der Waals surface area contributed by atoms with Crippen molar-refractivity contribution in [3.8, 4) is 16.9 Å². The number of hydrogen-bond acceptors (Lipinski definition) is 4. The van der Waals surface area contributed by atoms with Crippen LogP contribution in [-0.2, 0) is 16.1 Å². The van der Waals surface area contributed by atoms with Crippen LogP contribution < -0.4 is 4.74 Å².